The van der Waals surface area contributed by atoms with E-state index in [4.69, 9.17) is 5.26 Å². The molecule has 0 radical (unpaired) electrons. The topological polar surface area (TPSA) is 44.0 Å². The third-order valence-electron chi connectivity index (χ3n) is 2.76. The van der Waals surface area contributed by atoms with Gasteiger partial charge < -0.3 is 5.11 Å². The summed E-state index contributed by atoms with van der Waals surface area (Å²) >= 11 is 0. The molecule has 0 aromatic carbocycles. The van der Waals surface area contributed by atoms with E-state index in [1.54, 1.807) is 13.8 Å². The predicted molar refractivity (Wildman–Crippen MR) is 47.4 cm³/mol. The van der Waals surface area contributed by atoms with Gasteiger partial charge >= 0.3 is 0 Å². The van der Waals surface area contributed by atoms with Crippen LogP contribution in [0.15, 0.2) is 0 Å². The van der Waals surface area contributed by atoms with Gasteiger partial charge in [0.1, 0.15) is 0 Å². The Bertz CT molecular complexity index is 193. The van der Waals surface area contributed by atoms with E-state index in [9.17, 15) is 5.11 Å². The largest absolute Gasteiger partial charge is 0.390 e. The highest BCUT2D eigenvalue weighted by Crippen LogP contribution is 2.44. The van der Waals surface area contributed by atoms with Gasteiger partial charge in [-0.25, -0.2) is 0 Å². The first-order valence-electron chi connectivity index (χ1n) is 4.61. The molecule has 0 heterocycles. The van der Waals surface area contributed by atoms with Crippen LogP contribution in [-0.2, 0) is 0 Å². The van der Waals surface area contributed by atoms with Gasteiger partial charge in [0.25, 0.3) is 0 Å². The third-order valence-corrected chi connectivity index (χ3v) is 2.76. The lowest BCUT2D eigenvalue weighted by Crippen LogP contribution is -2.31. The van der Waals surface area contributed by atoms with Crippen LogP contribution in [0.2, 0.25) is 0 Å². The predicted octanol–water partition coefficient (Wildman–Crippen LogP) is 2.23. The molecule has 0 spiro atoms. The lowest BCUT2D eigenvalue weighted by molar-refractivity contribution is 0.0474. The standard InChI is InChI=1S/C10H17NO/c1-9(2,12)6-7-10(8-11)4-3-5-10/h12H,3-7H2,1-2H3. The average Bonchev–Trinajstić information content (AvgIpc) is 1.84. The molecule has 1 rings (SSSR count). The molecular formula is C10H17NO. The van der Waals surface area contributed by atoms with Crippen molar-refractivity contribution in [3.8, 4) is 6.07 Å². The van der Waals surface area contributed by atoms with Gasteiger partial charge in [0.2, 0.25) is 0 Å². The molecule has 0 unspecified atom stereocenters. The van der Waals surface area contributed by atoms with Crippen molar-refractivity contribution in [3.05, 3.63) is 0 Å². The molecule has 1 aliphatic carbocycles. The Balaban J connectivity index is 2.36. The SMILES string of the molecule is CC(C)(O)CCC1(C#N)CCC1. The molecule has 0 aromatic heterocycles. The Labute approximate surface area is 74.2 Å². The smallest absolute Gasteiger partial charge is 0.0689 e. The van der Waals surface area contributed by atoms with Crippen molar-refractivity contribution in [2.45, 2.75) is 51.6 Å². The molecule has 0 saturated heterocycles. The van der Waals surface area contributed by atoms with Gasteiger partial charge in [0.15, 0.2) is 0 Å². The second-order valence-electron chi connectivity index (χ2n) is 4.56. The maximum absolute atomic E-state index is 9.49. The van der Waals surface area contributed by atoms with Crippen LogP contribution in [0.4, 0.5) is 0 Å². The van der Waals surface area contributed by atoms with Crippen molar-refractivity contribution in [2.75, 3.05) is 0 Å². The Morgan fingerprint density at radius 1 is 1.50 bits per heavy atom. The minimum atomic E-state index is -0.612. The van der Waals surface area contributed by atoms with Crippen molar-refractivity contribution in [1.82, 2.24) is 0 Å². The summed E-state index contributed by atoms with van der Waals surface area (Å²) in [6.07, 6.45) is 4.83. The molecule has 1 aliphatic rings. The second-order valence-corrected chi connectivity index (χ2v) is 4.56. The maximum atomic E-state index is 9.49. The van der Waals surface area contributed by atoms with Crippen LogP contribution >= 0.6 is 0 Å². The zero-order valence-electron chi connectivity index (χ0n) is 7.93. The van der Waals surface area contributed by atoms with Gasteiger partial charge in [-0.3, -0.25) is 0 Å². The summed E-state index contributed by atoms with van der Waals surface area (Å²) < 4.78 is 0. The van der Waals surface area contributed by atoms with Gasteiger partial charge in [-0.15, -0.1) is 0 Å². The van der Waals surface area contributed by atoms with Crippen molar-refractivity contribution in [1.29, 1.82) is 5.26 Å². The zero-order chi connectivity index (χ0) is 9.24. The molecule has 2 heteroatoms. The first-order valence-corrected chi connectivity index (χ1v) is 4.61. The Kier molecular flexibility index (Phi) is 2.44. The maximum Gasteiger partial charge on any atom is 0.0689 e. The molecule has 0 aliphatic heterocycles. The van der Waals surface area contributed by atoms with E-state index in [0.29, 0.717) is 0 Å². The summed E-state index contributed by atoms with van der Waals surface area (Å²) in [5.41, 5.74) is -0.695. The van der Waals surface area contributed by atoms with Crippen molar-refractivity contribution in [3.63, 3.8) is 0 Å². The van der Waals surface area contributed by atoms with Crippen molar-refractivity contribution in [2.24, 2.45) is 5.41 Å². The normalized spacial score (nSPS) is 21.2. The number of nitrogens with zero attached hydrogens (tertiary/aromatic N) is 1. The van der Waals surface area contributed by atoms with Gasteiger partial charge in [-0.2, -0.15) is 5.26 Å². The third kappa shape index (κ3) is 2.22. The van der Waals surface area contributed by atoms with Gasteiger partial charge in [-0.05, 0) is 39.5 Å². The Morgan fingerprint density at radius 2 is 2.08 bits per heavy atom. The Hall–Kier alpha value is -0.550. The van der Waals surface area contributed by atoms with Crippen molar-refractivity contribution < 1.29 is 5.11 Å². The van der Waals surface area contributed by atoms with Gasteiger partial charge in [0, 0.05) is 0 Å². The van der Waals surface area contributed by atoms with E-state index < -0.39 is 5.60 Å². The average molecular weight is 167 g/mol. The fourth-order valence-corrected chi connectivity index (χ4v) is 1.57. The fraction of sp³-hybridized carbons (Fsp3) is 0.900. The monoisotopic (exact) mass is 167 g/mol. The van der Waals surface area contributed by atoms with E-state index in [0.717, 1.165) is 25.7 Å². The molecule has 1 N–H and O–H groups in total. The van der Waals surface area contributed by atoms with Gasteiger partial charge in [0.05, 0.1) is 17.1 Å². The highest BCUT2D eigenvalue weighted by Gasteiger charge is 2.37. The fourth-order valence-electron chi connectivity index (χ4n) is 1.57. The van der Waals surface area contributed by atoms with Crippen LogP contribution < -0.4 is 0 Å². The number of rotatable bonds is 3. The molecular weight excluding hydrogens is 150 g/mol. The lowest BCUT2D eigenvalue weighted by atomic mass is 9.66. The number of hydrogen-bond donors (Lipinski definition) is 1. The molecule has 2 nitrogen and oxygen atoms in total. The molecule has 0 bridgehead atoms. The number of nitriles is 1. The molecule has 0 atom stereocenters. The minimum absolute atomic E-state index is 0.0833. The summed E-state index contributed by atoms with van der Waals surface area (Å²) in [7, 11) is 0. The molecule has 68 valence electrons. The van der Waals surface area contributed by atoms with Crippen LogP contribution in [-0.4, -0.2) is 10.7 Å². The van der Waals surface area contributed by atoms with Crippen LogP contribution in [0.5, 0.6) is 0 Å². The van der Waals surface area contributed by atoms with E-state index in [2.05, 4.69) is 6.07 Å². The number of hydrogen-bond acceptors (Lipinski definition) is 2. The quantitative estimate of drug-likeness (QED) is 0.700. The van der Waals surface area contributed by atoms with Crippen molar-refractivity contribution >= 4 is 0 Å². The van der Waals surface area contributed by atoms with Crippen LogP contribution in [0.1, 0.15) is 46.0 Å². The van der Waals surface area contributed by atoms with Gasteiger partial charge in [-0.1, -0.05) is 6.42 Å². The molecule has 1 fully saturated rings. The summed E-state index contributed by atoms with van der Waals surface area (Å²) in [5, 5.41) is 18.4. The van der Waals surface area contributed by atoms with Crippen LogP contribution in [0.3, 0.4) is 0 Å². The van der Waals surface area contributed by atoms with E-state index in [-0.39, 0.29) is 5.41 Å². The highest BCUT2D eigenvalue weighted by atomic mass is 16.3. The highest BCUT2D eigenvalue weighted by molar-refractivity contribution is 5.04. The van der Waals surface area contributed by atoms with Crippen LogP contribution in [0.25, 0.3) is 0 Å². The minimum Gasteiger partial charge on any atom is -0.390 e. The molecule has 0 amide bonds. The summed E-state index contributed by atoms with van der Waals surface area (Å²) in [6, 6.07) is 2.38. The Morgan fingerprint density at radius 3 is 2.33 bits per heavy atom. The summed E-state index contributed by atoms with van der Waals surface area (Å²) in [6.45, 7) is 3.60. The molecule has 12 heavy (non-hydrogen) atoms. The van der Waals surface area contributed by atoms with Crippen LogP contribution in [0, 0.1) is 16.7 Å². The summed E-state index contributed by atoms with van der Waals surface area (Å²) in [4.78, 5) is 0. The summed E-state index contributed by atoms with van der Waals surface area (Å²) in [5.74, 6) is 0. The number of aliphatic hydroxyl groups is 1. The first kappa shape index (κ1) is 9.54. The van der Waals surface area contributed by atoms with E-state index >= 15 is 0 Å². The molecule has 1 saturated carbocycles. The zero-order valence-corrected chi connectivity index (χ0v) is 7.93. The lowest BCUT2D eigenvalue weighted by Gasteiger charge is -2.36. The van der Waals surface area contributed by atoms with E-state index in [1.165, 1.54) is 6.42 Å². The first-order chi connectivity index (χ1) is 5.47. The molecule has 0 aromatic rings. The van der Waals surface area contributed by atoms with E-state index in [1.807, 2.05) is 0 Å². The second kappa shape index (κ2) is 3.06.